The third-order valence-electron chi connectivity index (χ3n) is 1.02. The largest absolute Gasteiger partial charge is 0.356 e. The normalized spacial score (nSPS) is 8.08. The first-order valence-electron chi connectivity index (χ1n) is 3.07. The Labute approximate surface area is 68.9 Å². The maximum Gasteiger partial charge on any atom is 0.199 e. The lowest BCUT2D eigenvalue weighted by atomic mass is 10.3. The van der Waals surface area contributed by atoms with Crippen molar-refractivity contribution >= 4 is 0 Å². The molecule has 0 spiro atoms. The molecule has 1 aromatic heterocycles. The van der Waals surface area contributed by atoms with Crippen LogP contribution in [0, 0.1) is 22.2 Å². The average Bonchev–Trinajstić information content (AvgIpc) is 1.94. The first kappa shape index (κ1) is 10.2. The van der Waals surface area contributed by atoms with Crippen molar-refractivity contribution in [3.05, 3.63) is 45.4 Å². The molecule has 0 aliphatic rings. The molecule has 1 heterocycles. The molecule has 12 heavy (non-hydrogen) atoms. The van der Waals surface area contributed by atoms with E-state index in [4.69, 9.17) is 21.2 Å². The van der Waals surface area contributed by atoms with Crippen LogP contribution in [-0.2, 0) is 0 Å². The molecule has 0 atom stereocenters. The summed E-state index contributed by atoms with van der Waals surface area (Å²) in [5.41, 5.74) is 1.23. The van der Waals surface area contributed by atoms with E-state index in [-0.39, 0.29) is 0 Å². The number of nitrogens with zero attached hydrogens (tertiary/aromatic N) is 2. The summed E-state index contributed by atoms with van der Waals surface area (Å²) < 4.78 is 1.52. The molecule has 1 aromatic rings. The number of nitrogens with two attached hydrogens (primary N) is 1. The molecular weight excluding hydrogens is 162 g/mol. The molecular formula is C6H9N3O3. The van der Waals surface area contributed by atoms with Gasteiger partial charge in [-0.15, -0.1) is 0 Å². The SMILES string of the molecule is Cc1cc[n+](N)cc1.O=[N+]([O-])[O-]. The predicted octanol–water partition coefficient (Wildman–Crippen LogP) is -0.243. The van der Waals surface area contributed by atoms with E-state index >= 15 is 0 Å². The Balaban J connectivity index is 0.000000261. The lowest BCUT2D eigenvalue weighted by molar-refractivity contribution is -0.639. The summed E-state index contributed by atoms with van der Waals surface area (Å²) in [7, 11) is 0. The third kappa shape index (κ3) is 6.27. The molecule has 0 unspecified atom stereocenters. The molecule has 1 rings (SSSR count). The van der Waals surface area contributed by atoms with Gasteiger partial charge in [-0.05, 0) is 12.5 Å². The zero-order chi connectivity index (χ0) is 9.56. The van der Waals surface area contributed by atoms with Crippen LogP contribution in [0.5, 0.6) is 0 Å². The van der Waals surface area contributed by atoms with Gasteiger partial charge in [-0.25, -0.2) is 5.84 Å². The summed E-state index contributed by atoms with van der Waals surface area (Å²) >= 11 is 0. The summed E-state index contributed by atoms with van der Waals surface area (Å²) in [6, 6.07) is 3.92. The summed E-state index contributed by atoms with van der Waals surface area (Å²) in [4.78, 5) is 8.25. The Bertz CT molecular complexity index is 222. The molecule has 6 heteroatoms. The van der Waals surface area contributed by atoms with E-state index in [2.05, 4.69) is 0 Å². The Morgan fingerprint density at radius 1 is 1.42 bits per heavy atom. The predicted molar refractivity (Wildman–Crippen MR) is 41.9 cm³/mol. The van der Waals surface area contributed by atoms with Crippen LogP contribution in [0.15, 0.2) is 24.5 Å². The Morgan fingerprint density at radius 3 is 2.00 bits per heavy atom. The van der Waals surface area contributed by atoms with Gasteiger partial charge < -0.3 is 15.3 Å². The lowest BCUT2D eigenvalue weighted by Gasteiger charge is -1.84. The molecule has 0 aromatic carbocycles. The highest BCUT2D eigenvalue weighted by Gasteiger charge is 1.87. The zero-order valence-electron chi connectivity index (χ0n) is 6.51. The van der Waals surface area contributed by atoms with Crippen LogP contribution < -0.4 is 10.5 Å². The quantitative estimate of drug-likeness (QED) is 0.252. The first-order valence-corrected chi connectivity index (χ1v) is 3.07. The van der Waals surface area contributed by atoms with E-state index in [1.807, 2.05) is 31.5 Å². The van der Waals surface area contributed by atoms with Gasteiger partial charge in [0.15, 0.2) is 12.4 Å². The highest BCUT2D eigenvalue weighted by molar-refractivity contribution is 5.02. The summed E-state index contributed by atoms with van der Waals surface area (Å²) in [6.45, 7) is 2.03. The van der Waals surface area contributed by atoms with Crippen molar-refractivity contribution < 1.29 is 9.76 Å². The zero-order valence-corrected chi connectivity index (χ0v) is 6.51. The average molecular weight is 171 g/mol. The van der Waals surface area contributed by atoms with Crippen molar-refractivity contribution in [1.82, 2.24) is 0 Å². The summed E-state index contributed by atoms with van der Waals surface area (Å²) in [6.07, 6.45) is 3.63. The topological polar surface area (TPSA) is 96.1 Å². The Kier molecular flexibility index (Phi) is 4.13. The van der Waals surface area contributed by atoms with E-state index in [0.717, 1.165) is 0 Å². The fourth-order valence-electron chi connectivity index (χ4n) is 0.513. The lowest BCUT2D eigenvalue weighted by Crippen LogP contribution is -2.43. The van der Waals surface area contributed by atoms with E-state index in [0.29, 0.717) is 0 Å². The number of aromatic nitrogens is 1. The number of nitrogen functional groups attached to an aromatic ring is 1. The van der Waals surface area contributed by atoms with Gasteiger partial charge in [0, 0.05) is 12.1 Å². The van der Waals surface area contributed by atoms with Crippen LogP contribution in [0.4, 0.5) is 0 Å². The minimum Gasteiger partial charge on any atom is -0.356 e. The Hall–Kier alpha value is -1.85. The van der Waals surface area contributed by atoms with Crippen molar-refractivity contribution in [1.29, 1.82) is 0 Å². The minimum atomic E-state index is -1.75. The second-order valence-electron chi connectivity index (χ2n) is 2.05. The van der Waals surface area contributed by atoms with Crippen LogP contribution in [0.25, 0.3) is 0 Å². The van der Waals surface area contributed by atoms with Crippen LogP contribution in [0.2, 0.25) is 0 Å². The van der Waals surface area contributed by atoms with Crippen molar-refractivity contribution in [3.63, 3.8) is 0 Å². The van der Waals surface area contributed by atoms with E-state index < -0.39 is 5.09 Å². The van der Waals surface area contributed by atoms with Crippen LogP contribution in [0.1, 0.15) is 5.56 Å². The number of aryl methyl sites for hydroxylation is 1. The molecule has 0 aliphatic carbocycles. The number of pyridine rings is 1. The van der Waals surface area contributed by atoms with E-state index in [9.17, 15) is 0 Å². The molecule has 0 saturated heterocycles. The van der Waals surface area contributed by atoms with Gasteiger partial charge in [-0.1, -0.05) is 4.68 Å². The van der Waals surface area contributed by atoms with Gasteiger partial charge in [0.1, 0.15) is 0 Å². The maximum atomic E-state index is 8.25. The molecule has 0 fully saturated rings. The van der Waals surface area contributed by atoms with Gasteiger partial charge in [0.05, 0.1) is 5.09 Å². The summed E-state index contributed by atoms with van der Waals surface area (Å²) in [5.74, 6) is 5.34. The first-order chi connectivity index (χ1) is 5.52. The molecule has 0 amide bonds. The number of hydrogen-bond acceptors (Lipinski definition) is 4. The van der Waals surface area contributed by atoms with E-state index in [1.165, 1.54) is 10.2 Å². The van der Waals surface area contributed by atoms with Gasteiger partial charge >= 0.3 is 0 Å². The fraction of sp³-hybridized carbons (Fsp3) is 0.167. The van der Waals surface area contributed by atoms with Crippen molar-refractivity contribution in [2.75, 3.05) is 5.84 Å². The molecule has 0 bridgehead atoms. The third-order valence-corrected chi connectivity index (χ3v) is 1.02. The van der Waals surface area contributed by atoms with Gasteiger partial charge in [0.2, 0.25) is 0 Å². The number of rotatable bonds is 0. The highest BCUT2D eigenvalue weighted by Crippen LogP contribution is 1.87. The maximum absolute atomic E-state index is 8.25. The Morgan fingerprint density at radius 2 is 1.75 bits per heavy atom. The van der Waals surface area contributed by atoms with Crippen LogP contribution >= 0.6 is 0 Å². The summed E-state index contributed by atoms with van der Waals surface area (Å²) in [5, 5.41) is 14.8. The molecule has 0 radical (unpaired) electrons. The monoisotopic (exact) mass is 171 g/mol. The molecule has 66 valence electrons. The molecule has 0 saturated carbocycles. The van der Waals surface area contributed by atoms with Crippen molar-refractivity contribution in [2.24, 2.45) is 0 Å². The van der Waals surface area contributed by atoms with Gasteiger partial charge in [0.25, 0.3) is 0 Å². The van der Waals surface area contributed by atoms with Crippen LogP contribution in [0.3, 0.4) is 0 Å². The van der Waals surface area contributed by atoms with Crippen molar-refractivity contribution in [2.45, 2.75) is 6.92 Å². The molecule has 6 nitrogen and oxygen atoms in total. The minimum absolute atomic E-state index is 1.23. The number of hydrogen-bond donors (Lipinski definition) is 1. The standard InChI is InChI=1S/C6H9N2.NO3/c1-6-2-4-8(7)5-3-6;2-1(3)4/h2-5H,7H2,1H3;/q+1;-1. The van der Waals surface area contributed by atoms with E-state index in [1.54, 1.807) is 0 Å². The fourth-order valence-corrected chi connectivity index (χ4v) is 0.513. The van der Waals surface area contributed by atoms with Gasteiger partial charge in [-0.2, -0.15) is 0 Å². The highest BCUT2D eigenvalue weighted by atomic mass is 16.9. The molecule has 2 N–H and O–H groups in total. The second kappa shape index (κ2) is 4.89. The second-order valence-corrected chi connectivity index (χ2v) is 2.05. The van der Waals surface area contributed by atoms with Gasteiger partial charge in [-0.3, -0.25) is 0 Å². The van der Waals surface area contributed by atoms with Crippen molar-refractivity contribution in [3.8, 4) is 0 Å². The van der Waals surface area contributed by atoms with Crippen LogP contribution in [-0.4, -0.2) is 5.09 Å². The smallest absolute Gasteiger partial charge is 0.199 e. The molecule has 0 aliphatic heterocycles.